The van der Waals surface area contributed by atoms with Crippen LogP contribution in [-0.4, -0.2) is 25.0 Å². The number of hydrogen-bond acceptors (Lipinski definition) is 3. The Morgan fingerprint density at radius 1 is 1.64 bits per heavy atom. The first kappa shape index (κ1) is 9.27. The molecule has 0 bridgehead atoms. The minimum absolute atomic E-state index is 0.119. The molecule has 0 aromatic carbocycles. The van der Waals surface area contributed by atoms with E-state index in [1.807, 2.05) is 6.92 Å². The van der Waals surface area contributed by atoms with E-state index >= 15 is 0 Å². The molecule has 0 radical (unpaired) electrons. The second-order valence-corrected chi connectivity index (χ2v) is 3.57. The maximum Gasteiger partial charge on any atom is 0.287 e. The molecular weight excluding hydrogens is 180 g/mol. The minimum atomic E-state index is -0.119. The number of hydrogen-bond donors (Lipinski definition) is 2. The predicted octanol–water partition coefficient (Wildman–Crippen LogP) is 0.680. The molecule has 2 N–H and O–H groups in total. The maximum atomic E-state index is 11.6. The van der Waals surface area contributed by atoms with Crippen LogP contribution in [0.1, 0.15) is 22.7 Å². The molecule has 1 amide bonds. The van der Waals surface area contributed by atoms with Gasteiger partial charge in [-0.1, -0.05) is 0 Å². The summed E-state index contributed by atoms with van der Waals surface area (Å²) in [5.41, 5.74) is 0. The third-order valence-electron chi connectivity index (χ3n) is 2.36. The van der Waals surface area contributed by atoms with Crippen LogP contribution in [0.3, 0.4) is 0 Å². The van der Waals surface area contributed by atoms with E-state index in [1.165, 1.54) is 0 Å². The molecule has 1 aromatic rings. The molecule has 4 nitrogen and oxygen atoms in total. The molecule has 0 saturated carbocycles. The van der Waals surface area contributed by atoms with E-state index in [9.17, 15) is 4.79 Å². The van der Waals surface area contributed by atoms with Crippen LogP contribution in [-0.2, 0) is 0 Å². The van der Waals surface area contributed by atoms with E-state index in [0.29, 0.717) is 5.76 Å². The molecule has 14 heavy (non-hydrogen) atoms. The molecule has 1 aromatic heterocycles. The standard InChI is InChI=1S/C10H14N2O2/c1-7-2-3-9(14-7)10(13)12-8-4-5-11-6-8/h2-3,8,11H,4-6H2,1H3,(H,12,13)/t8-/m1/s1. The van der Waals surface area contributed by atoms with Crippen molar-refractivity contribution in [1.82, 2.24) is 10.6 Å². The predicted molar refractivity (Wildman–Crippen MR) is 52.2 cm³/mol. The topological polar surface area (TPSA) is 54.3 Å². The van der Waals surface area contributed by atoms with E-state index < -0.39 is 0 Å². The Kier molecular flexibility index (Phi) is 2.54. The van der Waals surface area contributed by atoms with E-state index in [0.717, 1.165) is 25.3 Å². The average Bonchev–Trinajstić information content (AvgIpc) is 2.75. The summed E-state index contributed by atoms with van der Waals surface area (Å²) in [5.74, 6) is 1.04. The highest BCUT2D eigenvalue weighted by atomic mass is 16.3. The second kappa shape index (κ2) is 3.84. The number of amides is 1. The fourth-order valence-corrected chi connectivity index (χ4v) is 1.59. The number of rotatable bonds is 2. The van der Waals surface area contributed by atoms with Gasteiger partial charge in [0.1, 0.15) is 5.76 Å². The number of nitrogens with one attached hydrogen (secondary N) is 2. The third-order valence-corrected chi connectivity index (χ3v) is 2.36. The van der Waals surface area contributed by atoms with E-state index in [-0.39, 0.29) is 11.9 Å². The molecule has 1 fully saturated rings. The maximum absolute atomic E-state index is 11.6. The van der Waals surface area contributed by atoms with Crippen molar-refractivity contribution in [3.63, 3.8) is 0 Å². The van der Waals surface area contributed by atoms with E-state index in [2.05, 4.69) is 10.6 Å². The first-order chi connectivity index (χ1) is 6.75. The third kappa shape index (κ3) is 1.96. The summed E-state index contributed by atoms with van der Waals surface area (Å²) >= 11 is 0. The van der Waals surface area contributed by atoms with Crippen molar-refractivity contribution in [2.75, 3.05) is 13.1 Å². The molecule has 76 valence electrons. The lowest BCUT2D eigenvalue weighted by Crippen LogP contribution is -2.35. The Morgan fingerprint density at radius 2 is 2.50 bits per heavy atom. The van der Waals surface area contributed by atoms with Gasteiger partial charge in [0, 0.05) is 12.6 Å². The van der Waals surface area contributed by atoms with Crippen molar-refractivity contribution < 1.29 is 9.21 Å². The first-order valence-electron chi connectivity index (χ1n) is 4.84. The normalized spacial score (nSPS) is 21.1. The van der Waals surface area contributed by atoms with Gasteiger partial charge in [-0.05, 0) is 32.0 Å². The Labute approximate surface area is 82.7 Å². The van der Waals surface area contributed by atoms with Gasteiger partial charge in [-0.3, -0.25) is 4.79 Å². The van der Waals surface area contributed by atoms with Crippen molar-refractivity contribution in [2.24, 2.45) is 0 Å². The summed E-state index contributed by atoms with van der Waals surface area (Å²) in [6.45, 7) is 3.65. The Bertz CT molecular complexity index is 327. The van der Waals surface area contributed by atoms with Gasteiger partial charge in [0.05, 0.1) is 0 Å². The molecule has 2 heterocycles. The lowest BCUT2D eigenvalue weighted by atomic mass is 10.2. The molecule has 4 heteroatoms. The summed E-state index contributed by atoms with van der Waals surface area (Å²) in [7, 11) is 0. The molecule has 0 aliphatic carbocycles. The number of aryl methyl sites for hydroxylation is 1. The number of furan rings is 1. The van der Waals surface area contributed by atoms with Gasteiger partial charge in [-0.2, -0.15) is 0 Å². The van der Waals surface area contributed by atoms with Crippen molar-refractivity contribution >= 4 is 5.91 Å². The quantitative estimate of drug-likeness (QED) is 0.728. The van der Waals surface area contributed by atoms with Crippen LogP contribution in [0.15, 0.2) is 16.5 Å². The summed E-state index contributed by atoms with van der Waals surface area (Å²) in [6.07, 6.45) is 0.991. The molecule has 0 spiro atoms. The number of carbonyl (C=O) groups excluding carboxylic acids is 1. The van der Waals surface area contributed by atoms with Gasteiger partial charge in [0.15, 0.2) is 5.76 Å². The summed E-state index contributed by atoms with van der Waals surface area (Å²) in [4.78, 5) is 11.6. The first-order valence-corrected chi connectivity index (χ1v) is 4.84. The summed E-state index contributed by atoms with van der Waals surface area (Å²) < 4.78 is 5.22. The molecule has 1 saturated heterocycles. The zero-order chi connectivity index (χ0) is 9.97. The largest absolute Gasteiger partial charge is 0.456 e. The molecule has 2 rings (SSSR count). The van der Waals surface area contributed by atoms with Crippen LogP contribution >= 0.6 is 0 Å². The van der Waals surface area contributed by atoms with Crippen LogP contribution in [0.2, 0.25) is 0 Å². The van der Waals surface area contributed by atoms with Gasteiger partial charge >= 0.3 is 0 Å². The van der Waals surface area contributed by atoms with Gasteiger partial charge in [0.2, 0.25) is 0 Å². The van der Waals surface area contributed by atoms with E-state index in [4.69, 9.17) is 4.42 Å². The Hall–Kier alpha value is -1.29. The highest BCUT2D eigenvalue weighted by Gasteiger charge is 2.18. The van der Waals surface area contributed by atoms with Crippen LogP contribution in [0.25, 0.3) is 0 Å². The monoisotopic (exact) mass is 194 g/mol. The van der Waals surface area contributed by atoms with Crippen molar-refractivity contribution in [1.29, 1.82) is 0 Å². The smallest absolute Gasteiger partial charge is 0.287 e. The molecule has 0 unspecified atom stereocenters. The van der Waals surface area contributed by atoms with Crippen molar-refractivity contribution in [3.05, 3.63) is 23.7 Å². The summed E-state index contributed by atoms with van der Waals surface area (Å²) in [5, 5.41) is 6.10. The average molecular weight is 194 g/mol. The summed E-state index contributed by atoms with van der Waals surface area (Å²) in [6, 6.07) is 3.74. The SMILES string of the molecule is Cc1ccc(C(=O)N[C@@H]2CCNC2)o1. The Balaban J connectivity index is 1.95. The highest BCUT2D eigenvalue weighted by molar-refractivity contribution is 5.91. The van der Waals surface area contributed by atoms with Gasteiger partial charge < -0.3 is 15.1 Å². The molecule has 1 aliphatic rings. The molecular formula is C10H14N2O2. The van der Waals surface area contributed by atoms with Gasteiger partial charge in [0.25, 0.3) is 5.91 Å². The fraction of sp³-hybridized carbons (Fsp3) is 0.500. The van der Waals surface area contributed by atoms with Crippen LogP contribution in [0, 0.1) is 6.92 Å². The van der Waals surface area contributed by atoms with Gasteiger partial charge in [-0.15, -0.1) is 0 Å². The minimum Gasteiger partial charge on any atom is -0.456 e. The van der Waals surface area contributed by atoms with Crippen LogP contribution < -0.4 is 10.6 Å². The van der Waals surface area contributed by atoms with Crippen molar-refractivity contribution in [3.8, 4) is 0 Å². The lowest BCUT2D eigenvalue weighted by molar-refractivity contribution is 0.0911. The molecule has 1 atom stereocenters. The zero-order valence-electron chi connectivity index (χ0n) is 8.17. The highest BCUT2D eigenvalue weighted by Crippen LogP contribution is 2.07. The van der Waals surface area contributed by atoms with Gasteiger partial charge in [-0.25, -0.2) is 0 Å². The van der Waals surface area contributed by atoms with Crippen molar-refractivity contribution in [2.45, 2.75) is 19.4 Å². The fourth-order valence-electron chi connectivity index (χ4n) is 1.59. The molecule has 1 aliphatic heterocycles. The van der Waals surface area contributed by atoms with E-state index in [1.54, 1.807) is 12.1 Å². The lowest BCUT2D eigenvalue weighted by Gasteiger charge is -2.08. The Morgan fingerprint density at radius 3 is 3.07 bits per heavy atom. The number of carbonyl (C=O) groups is 1. The van der Waals surface area contributed by atoms with Crippen LogP contribution in [0.4, 0.5) is 0 Å². The van der Waals surface area contributed by atoms with Crippen LogP contribution in [0.5, 0.6) is 0 Å². The zero-order valence-corrected chi connectivity index (χ0v) is 8.17. The second-order valence-electron chi connectivity index (χ2n) is 3.57.